The van der Waals surface area contributed by atoms with Gasteiger partial charge in [0.05, 0.1) is 22.8 Å². The average Bonchev–Trinajstić information content (AvgIpc) is 1.62. The molecule has 0 spiro atoms. The van der Waals surface area contributed by atoms with Crippen molar-refractivity contribution in [1.82, 2.24) is 34.9 Å². The largest absolute Gasteiger partial charge is 4.00 e. The quantitative estimate of drug-likeness (QED) is 0.0377. The number of pyridine rings is 4. The molecule has 0 saturated heterocycles. The number of ketones is 3. The molecule has 0 saturated carbocycles. The first kappa shape index (κ1) is 109. The van der Waals surface area contributed by atoms with Gasteiger partial charge in [-0.25, -0.2) is 11.3 Å². The van der Waals surface area contributed by atoms with Gasteiger partial charge < -0.3 is 50.5 Å². The SMILES string of the molecule is CC(=O)C=C(C)O.CC(=O)C=C(C)O.CC(=O)C=C(C)O.CCC1=C(CC)C2C=c3[n-]c(c(CC)c3CC)=Cc3[n-]c(c(CC)c3CC)C=c3[n-]c(c(CC)c3CC)=CC1[N-]2.[Ir].[Ir].[Ir].[Ir].[Pt+4].[c-]1c(-c2ccccn2)sc2ccccc12.[c-]1ccccc1-c1ccc2ccccc2n1.[c-]1ccccc1-c1nccc2ccccc12.[c-]1ccccc1-c1nccc2ccccc12. The summed E-state index contributed by atoms with van der Waals surface area (Å²) in [6, 6.07) is 84.0. The van der Waals surface area contributed by atoms with Crippen LogP contribution in [-0.4, -0.2) is 64.7 Å². The minimum atomic E-state index is -0.125. The first-order chi connectivity index (χ1) is 60.1. The summed E-state index contributed by atoms with van der Waals surface area (Å²) in [7, 11) is 0. The van der Waals surface area contributed by atoms with Crippen LogP contribution in [-0.2, 0) is 154 Å². The van der Waals surface area contributed by atoms with E-state index in [0.717, 1.165) is 134 Å². The van der Waals surface area contributed by atoms with Gasteiger partial charge in [-0.2, -0.15) is 0 Å². The van der Waals surface area contributed by atoms with E-state index in [1.54, 1.807) is 11.3 Å². The zero-order valence-electron chi connectivity index (χ0n) is 75.0. The smallest absolute Gasteiger partial charge is 0.658 e. The van der Waals surface area contributed by atoms with Crippen molar-refractivity contribution in [3.63, 3.8) is 0 Å². The van der Waals surface area contributed by atoms with Crippen molar-refractivity contribution in [1.29, 1.82) is 0 Å². The van der Waals surface area contributed by atoms with Gasteiger partial charge >= 0.3 is 21.1 Å². The molecule has 4 radical (unpaired) electrons. The molecule has 0 amide bonds. The van der Waals surface area contributed by atoms with E-state index in [1.807, 2.05) is 176 Å². The molecule has 2 aliphatic rings. The van der Waals surface area contributed by atoms with Gasteiger partial charge in [0.25, 0.3) is 0 Å². The molecule has 17 rings (SSSR count). The molecule has 20 heteroatoms. The average molecular weight is 2620 g/mol. The summed E-state index contributed by atoms with van der Waals surface area (Å²) in [6.07, 6.45) is 26.0. The summed E-state index contributed by atoms with van der Waals surface area (Å²) in [5.74, 6) is -0.187. The first-order valence-electron chi connectivity index (χ1n) is 42.4. The molecule has 8 aromatic heterocycles. The number of benzene rings is 7. The molecule has 2 unspecified atom stereocenters. The standard InChI is InChI=1S/C36H46N4.3C15H10N.C13H8NS.3C5H8O2.4Ir.Pt/c1-9-21-22(10-2)30-18-32-25(13-5)26(14-6)34(39-32)20-36-28(16-8)27(15-7)35(40-36)19-33-24(12-4)23(11-3)31(38-33)17-29(21)37-30;2*1-2-7-13(8-3-1)15-14-9-5-4-6-12(14)10-11-16-15;1-2-6-12(7-3-1)15-11-10-13-8-4-5-9-14(13)16-15;1-2-7-12-10(5-1)9-13(15-12)11-6-3-4-8-14-11;3*1-4(6)3-5(2)7;;;;;/h17-20,29-30H,9-16H2,1-8H3;2*1-7,9-11H;1-6,8-11H;1-8H;3*3,6H,1-2H3;;;;;/q-4;4*-1;;;;;;;;+4. The molecule has 676 valence electrons. The van der Waals surface area contributed by atoms with Gasteiger partial charge in [-0.15, -0.1) is 176 Å². The number of para-hydroxylation sites is 1. The van der Waals surface area contributed by atoms with E-state index in [4.69, 9.17) is 35.6 Å². The molecule has 129 heavy (non-hydrogen) atoms. The molecule has 15 aromatic rings. The molecule has 2 aliphatic heterocycles. The second-order valence-corrected chi connectivity index (χ2v) is 30.5. The van der Waals surface area contributed by atoms with Crippen LogP contribution < -0.4 is 36.3 Å². The number of hydrogen-bond donors (Lipinski definition) is 3. The van der Waals surface area contributed by atoms with E-state index < -0.39 is 0 Å². The number of hydrogen-bond acceptors (Lipinski definition) is 11. The van der Waals surface area contributed by atoms with Gasteiger partial charge in [0, 0.05) is 123 Å². The number of carbonyl (C=O) groups excluding carboxylic acids is 3. The van der Waals surface area contributed by atoms with Crippen LogP contribution in [0.15, 0.2) is 278 Å². The maximum Gasteiger partial charge on any atom is 4.00 e. The van der Waals surface area contributed by atoms with Gasteiger partial charge in [-0.05, 0) is 171 Å². The number of aliphatic hydroxyl groups is 3. The molecule has 3 N–H and O–H groups in total. The van der Waals surface area contributed by atoms with Gasteiger partial charge in [0.15, 0.2) is 17.3 Å². The Morgan fingerprint density at radius 2 is 0.783 bits per heavy atom. The number of allylic oxidation sites excluding steroid dienone is 6. The van der Waals surface area contributed by atoms with Gasteiger partial charge in [0.1, 0.15) is 0 Å². The van der Waals surface area contributed by atoms with Crippen LogP contribution in [0.5, 0.6) is 0 Å². The Hall–Kier alpha value is -10.2. The molecule has 7 aromatic carbocycles. The number of aromatic nitrogens is 7. The summed E-state index contributed by atoms with van der Waals surface area (Å²) in [5, 5.41) is 42.0. The third-order valence-electron chi connectivity index (χ3n) is 20.5. The number of thiophene rings is 1. The Morgan fingerprint density at radius 3 is 1.17 bits per heavy atom. The minimum absolute atomic E-state index is 0. The Labute approximate surface area is 831 Å². The van der Waals surface area contributed by atoms with E-state index >= 15 is 0 Å². The normalized spacial score (nSPS) is 12.7. The van der Waals surface area contributed by atoms with E-state index in [1.165, 1.54) is 141 Å². The molecular weight excluding hydrogens is 2510 g/mol. The maximum atomic E-state index is 10.0. The summed E-state index contributed by atoms with van der Waals surface area (Å²) in [5.41, 5.74) is 21.3. The van der Waals surface area contributed by atoms with Gasteiger partial charge in [0.2, 0.25) is 0 Å². The van der Waals surface area contributed by atoms with Crippen LogP contribution in [0.4, 0.5) is 0 Å². The number of nitrogens with zero attached hydrogens (tertiary/aromatic N) is 8. The molecule has 10 heterocycles. The minimum Gasteiger partial charge on any atom is -0.658 e. The van der Waals surface area contributed by atoms with E-state index in [2.05, 4.69) is 178 Å². The second kappa shape index (κ2) is 55.8. The zero-order valence-corrected chi connectivity index (χ0v) is 87.7. The topological polar surface area (TPSA) is 220 Å². The predicted molar refractivity (Wildman–Crippen MR) is 512 cm³/mol. The van der Waals surface area contributed by atoms with Crippen molar-refractivity contribution >= 4 is 95.5 Å². The molecular formula is C109H108Ir4N8O6PtS-4. The maximum absolute atomic E-state index is 10.0. The summed E-state index contributed by atoms with van der Waals surface area (Å²) >= 11 is 1.73. The predicted octanol–water partition coefficient (Wildman–Crippen LogP) is 22.4. The molecule has 14 nitrogen and oxygen atoms in total. The Kier molecular flexibility index (Phi) is 47.3. The molecule has 0 fully saturated rings. The fourth-order valence-electron chi connectivity index (χ4n) is 15.2. The second-order valence-electron chi connectivity index (χ2n) is 29.5. The molecule has 0 aliphatic carbocycles. The van der Waals surface area contributed by atoms with Gasteiger partial charge in [-0.1, -0.05) is 227 Å². The zero-order chi connectivity index (χ0) is 88.6. The number of carbonyl (C=O) groups is 3. The Bertz CT molecular complexity index is 6180. The van der Waals surface area contributed by atoms with Crippen molar-refractivity contribution < 1.29 is 131 Å². The summed E-state index contributed by atoms with van der Waals surface area (Å²) < 4.78 is 1.26. The number of rotatable bonds is 15. The fourth-order valence-corrected chi connectivity index (χ4v) is 16.2. The number of aliphatic hydroxyl groups excluding tert-OH is 3. The third-order valence-corrected chi connectivity index (χ3v) is 21.6. The van der Waals surface area contributed by atoms with Crippen molar-refractivity contribution in [3.05, 3.63) is 373 Å². The number of fused-ring (bicyclic) bond motifs is 12. The van der Waals surface area contributed by atoms with Crippen LogP contribution >= 0.6 is 11.3 Å². The summed E-state index contributed by atoms with van der Waals surface area (Å²) in [6.45, 7) is 26.6. The van der Waals surface area contributed by atoms with E-state index in [0.29, 0.717) is 0 Å². The van der Waals surface area contributed by atoms with Crippen LogP contribution in [0.25, 0.3) is 116 Å². The van der Waals surface area contributed by atoms with E-state index in [9.17, 15) is 14.4 Å². The van der Waals surface area contributed by atoms with Crippen LogP contribution in [0, 0.1) is 24.3 Å². The van der Waals surface area contributed by atoms with Crippen molar-refractivity contribution in [2.24, 2.45) is 0 Å². The Balaban J connectivity index is 0.000000281. The Morgan fingerprint density at radius 1 is 0.388 bits per heavy atom. The fraction of sp³-hybridized carbons (Fsp3) is 0.220. The van der Waals surface area contributed by atoms with Gasteiger partial charge in [-0.3, -0.25) is 19.4 Å². The third kappa shape index (κ3) is 30.7. The van der Waals surface area contributed by atoms with Crippen LogP contribution in [0.2, 0.25) is 0 Å². The van der Waals surface area contributed by atoms with E-state index in [-0.39, 0.29) is 148 Å². The van der Waals surface area contributed by atoms with Crippen molar-refractivity contribution in [2.45, 2.75) is 160 Å². The summed E-state index contributed by atoms with van der Waals surface area (Å²) in [4.78, 5) is 64.8. The van der Waals surface area contributed by atoms with Crippen LogP contribution in [0.3, 0.4) is 0 Å². The monoisotopic (exact) mass is 2620 g/mol. The molecule has 2 atom stereocenters. The van der Waals surface area contributed by atoms with Crippen LogP contribution in [0.1, 0.15) is 155 Å². The first-order valence-corrected chi connectivity index (χ1v) is 43.2. The van der Waals surface area contributed by atoms with Crippen molar-refractivity contribution in [2.75, 3.05) is 0 Å². The molecule has 8 bridgehead atoms. The van der Waals surface area contributed by atoms with Crippen molar-refractivity contribution in [3.8, 4) is 44.3 Å².